The first-order chi connectivity index (χ1) is 10.6. The molecule has 22 heavy (non-hydrogen) atoms. The Morgan fingerprint density at radius 3 is 2.27 bits per heavy atom. The summed E-state index contributed by atoms with van der Waals surface area (Å²) in [6.45, 7) is 0. The predicted octanol–water partition coefficient (Wildman–Crippen LogP) is 3.86. The van der Waals surface area contributed by atoms with Crippen LogP contribution >= 0.6 is 0 Å². The van der Waals surface area contributed by atoms with E-state index < -0.39 is 0 Å². The third-order valence-corrected chi connectivity index (χ3v) is 3.45. The van der Waals surface area contributed by atoms with Gasteiger partial charge in [0.15, 0.2) is 0 Å². The zero-order chi connectivity index (χ0) is 15.9. The van der Waals surface area contributed by atoms with E-state index in [-0.39, 0.29) is 21.2 Å². The molecule has 0 amide bonds. The minimum atomic E-state index is -0.380. The van der Waals surface area contributed by atoms with Crippen molar-refractivity contribution in [2.75, 3.05) is 0 Å². The monoisotopic (exact) mass is 300 g/mol. The second-order valence-corrected chi connectivity index (χ2v) is 5.03. The molecule has 2 aliphatic carbocycles. The van der Waals surface area contributed by atoms with E-state index in [1.54, 1.807) is 24.3 Å². The van der Waals surface area contributed by atoms with Crippen LogP contribution in [0, 0.1) is 20.2 Å². The highest BCUT2D eigenvalue weighted by Crippen LogP contribution is 2.21. The van der Waals surface area contributed by atoms with Crippen LogP contribution in [0.5, 0.6) is 0 Å². The molecule has 0 atom stereocenters. The zero-order valence-electron chi connectivity index (χ0n) is 12.0. The first-order valence-corrected chi connectivity index (χ1v) is 6.97. The van der Waals surface area contributed by atoms with Crippen molar-refractivity contribution < 1.29 is 9.85 Å². The molecular formula is C16H16N2O4. The number of rotatable bonds is 5. The fourth-order valence-corrected chi connectivity index (χ4v) is 2.23. The third kappa shape index (κ3) is 4.37. The van der Waals surface area contributed by atoms with Crippen LogP contribution in [-0.4, -0.2) is 9.85 Å². The van der Waals surface area contributed by atoms with E-state index in [0.717, 1.165) is 11.1 Å². The average Bonchev–Trinajstić information content (AvgIpc) is 2.85. The van der Waals surface area contributed by atoms with Crippen LogP contribution in [0.4, 0.5) is 0 Å². The van der Waals surface area contributed by atoms with Crippen molar-refractivity contribution in [3.63, 3.8) is 0 Å². The van der Waals surface area contributed by atoms with Gasteiger partial charge in [-0.1, -0.05) is 36.5 Å². The summed E-state index contributed by atoms with van der Waals surface area (Å²) in [6.07, 6.45) is 15.9. The van der Waals surface area contributed by atoms with Gasteiger partial charge in [-0.15, -0.1) is 0 Å². The Morgan fingerprint density at radius 2 is 1.55 bits per heavy atom. The first-order valence-electron chi connectivity index (χ1n) is 6.97. The van der Waals surface area contributed by atoms with Gasteiger partial charge in [0.05, 0.1) is 22.7 Å². The lowest BCUT2D eigenvalue weighted by Gasteiger charge is -2.02. The van der Waals surface area contributed by atoms with E-state index >= 15 is 0 Å². The normalized spacial score (nSPS) is 17.6. The van der Waals surface area contributed by atoms with Crippen LogP contribution in [-0.2, 0) is 0 Å². The molecule has 0 spiro atoms. The van der Waals surface area contributed by atoms with E-state index in [0.29, 0.717) is 25.7 Å². The molecule has 6 nitrogen and oxygen atoms in total. The fourth-order valence-electron chi connectivity index (χ4n) is 2.23. The van der Waals surface area contributed by atoms with Crippen LogP contribution in [0.2, 0.25) is 0 Å². The van der Waals surface area contributed by atoms with E-state index in [1.807, 2.05) is 18.2 Å². The SMILES string of the molecule is O=[N+]([O-])C1=CC=C(CCC2=CC=CCC([N+](=O)[O-])=C2)C=CC1. The third-order valence-electron chi connectivity index (χ3n) is 3.45. The highest BCUT2D eigenvalue weighted by molar-refractivity contribution is 5.33. The molecule has 0 aromatic carbocycles. The van der Waals surface area contributed by atoms with E-state index in [1.165, 1.54) is 6.08 Å². The lowest BCUT2D eigenvalue weighted by Crippen LogP contribution is -1.97. The maximum atomic E-state index is 10.9. The minimum Gasteiger partial charge on any atom is -0.259 e. The number of hydrogen-bond donors (Lipinski definition) is 0. The molecule has 0 aromatic heterocycles. The Hall–Kier alpha value is -2.76. The van der Waals surface area contributed by atoms with Crippen molar-refractivity contribution >= 4 is 0 Å². The Labute approximate surface area is 127 Å². The van der Waals surface area contributed by atoms with Gasteiger partial charge in [0.2, 0.25) is 11.4 Å². The number of nitro groups is 2. The quantitative estimate of drug-likeness (QED) is 0.570. The number of nitrogens with zero attached hydrogens (tertiary/aromatic N) is 2. The van der Waals surface area contributed by atoms with Crippen molar-refractivity contribution in [2.24, 2.45) is 0 Å². The molecule has 0 heterocycles. The van der Waals surface area contributed by atoms with Crippen molar-refractivity contribution in [1.82, 2.24) is 0 Å². The molecule has 0 unspecified atom stereocenters. The molecule has 0 radical (unpaired) electrons. The molecule has 0 aliphatic heterocycles. The molecule has 2 aliphatic rings. The highest BCUT2D eigenvalue weighted by atomic mass is 16.6. The summed E-state index contributed by atoms with van der Waals surface area (Å²) < 4.78 is 0. The smallest absolute Gasteiger partial charge is 0.250 e. The van der Waals surface area contributed by atoms with Crippen LogP contribution in [0.25, 0.3) is 0 Å². The molecule has 114 valence electrons. The summed E-state index contributed by atoms with van der Waals surface area (Å²) >= 11 is 0. The molecule has 0 fully saturated rings. The van der Waals surface area contributed by atoms with Gasteiger partial charge in [-0.05, 0) is 24.0 Å². The topological polar surface area (TPSA) is 86.3 Å². The Balaban J connectivity index is 2.05. The van der Waals surface area contributed by atoms with Crippen LogP contribution in [0.1, 0.15) is 25.7 Å². The minimum absolute atomic E-state index is 0.165. The van der Waals surface area contributed by atoms with E-state index in [9.17, 15) is 20.2 Å². The number of hydrogen-bond acceptors (Lipinski definition) is 4. The first kappa shape index (κ1) is 15.6. The van der Waals surface area contributed by atoms with Gasteiger partial charge >= 0.3 is 0 Å². The summed E-state index contributed by atoms with van der Waals surface area (Å²) in [6, 6.07) is 0. The molecule has 2 rings (SSSR count). The van der Waals surface area contributed by atoms with Crippen LogP contribution in [0.15, 0.2) is 71.1 Å². The summed E-state index contributed by atoms with van der Waals surface area (Å²) in [5.74, 6) is 0. The van der Waals surface area contributed by atoms with Gasteiger partial charge in [0.1, 0.15) is 0 Å². The second-order valence-electron chi connectivity index (χ2n) is 5.03. The van der Waals surface area contributed by atoms with Gasteiger partial charge in [0, 0.05) is 12.2 Å². The molecule has 0 saturated heterocycles. The Morgan fingerprint density at radius 1 is 0.864 bits per heavy atom. The van der Waals surface area contributed by atoms with E-state index in [4.69, 9.17) is 0 Å². The highest BCUT2D eigenvalue weighted by Gasteiger charge is 2.12. The largest absolute Gasteiger partial charge is 0.259 e. The van der Waals surface area contributed by atoms with Gasteiger partial charge < -0.3 is 0 Å². The number of allylic oxidation sites excluding steroid dienone is 10. The maximum absolute atomic E-state index is 10.9. The van der Waals surface area contributed by atoms with Gasteiger partial charge in [-0.25, -0.2) is 0 Å². The zero-order valence-corrected chi connectivity index (χ0v) is 12.0. The van der Waals surface area contributed by atoms with Gasteiger partial charge in [0.25, 0.3) is 0 Å². The fraction of sp³-hybridized carbons (Fsp3) is 0.250. The standard InChI is InChI=1S/C16H16N2O4/c19-17(20)15-7-3-5-13(10-11-15)8-9-14-4-1-2-6-16(12-14)18(21)22/h1-5,10-12H,6-9H2. The lowest BCUT2D eigenvalue weighted by molar-refractivity contribution is -0.426. The molecule has 0 aromatic rings. The van der Waals surface area contributed by atoms with Gasteiger partial charge in [-0.3, -0.25) is 20.2 Å². The molecule has 0 N–H and O–H groups in total. The predicted molar refractivity (Wildman–Crippen MR) is 83.1 cm³/mol. The summed E-state index contributed by atoms with van der Waals surface area (Å²) in [4.78, 5) is 20.9. The van der Waals surface area contributed by atoms with Crippen molar-refractivity contribution in [2.45, 2.75) is 25.7 Å². The Bertz CT molecular complexity index is 664. The van der Waals surface area contributed by atoms with Crippen molar-refractivity contribution in [3.8, 4) is 0 Å². The summed E-state index contributed by atoms with van der Waals surface area (Å²) in [5.41, 5.74) is 2.21. The van der Waals surface area contributed by atoms with Crippen LogP contribution in [0.3, 0.4) is 0 Å². The van der Waals surface area contributed by atoms with Crippen molar-refractivity contribution in [1.29, 1.82) is 0 Å². The lowest BCUT2D eigenvalue weighted by atomic mass is 10.0. The van der Waals surface area contributed by atoms with Crippen LogP contribution < -0.4 is 0 Å². The van der Waals surface area contributed by atoms with Gasteiger partial charge in [-0.2, -0.15) is 0 Å². The summed E-state index contributed by atoms with van der Waals surface area (Å²) in [7, 11) is 0. The second kappa shape index (κ2) is 7.31. The summed E-state index contributed by atoms with van der Waals surface area (Å²) in [5, 5.41) is 21.6. The Kier molecular flexibility index (Phi) is 5.19. The van der Waals surface area contributed by atoms with Crippen molar-refractivity contribution in [3.05, 3.63) is 91.4 Å². The maximum Gasteiger partial charge on any atom is 0.250 e. The molecule has 0 saturated carbocycles. The molecular weight excluding hydrogens is 284 g/mol. The molecule has 6 heteroatoms. The average molecular weight is 300 g/mol. The van der Waals surface area contributed by atoms with E-state index in [2.05, 4.69) is 0 Å². The molecule has 0 bridgehead atoms.